The van der Waals surface area contributed by atoms with Crippen LogP contribution in [0.4, 0.5) is 5.69 Å². The standard InChI is InChI=1S/C29H27NO8/c1-35-21-12-7-18(8-13-21)26-25(27(32)19-9-14-22(36-2)23(16-19)37-3)28(33)29(34)30(26)20-10-5-17(6-11-20)15-24(31)38-4/h5-14,16,26,32H,15H2,1-4H3/b27-25-. The number of esters is 1. The number of anilines is 1. The Morgan fingerprint density at radius 3 is 2.08 bits per heavy atom. The average molecular weight is 518 g/mol. The molecule has 1 unspecified atom stereocenters. The maximum atomic E-state index is 13.4. The summed E-state index contributed by atoms with van der Waals surface area (Å²) in [6.45, 7) is 0. The number of hydrogen-bond donors (Lipinski definition) is 1. The Labute approximate surface area is 219 Å². The number of nitrogens with zero attached hydrogens (tertiary/aromatic N) is 1. The Kier molecular flexibility index (Phi) is 7.66. The zero-order chi connectivity index (χ0) is 27.4. The van der Waals surface area contributed by atoms with Gasteiger partial charge < -0.3 is 24.1 Å². The predicted octanol–water partition coefficient (Wildman–Crippen LogP) is 4.05. The summed E-state index contributed by atoms with van der Waals surface area (Å²) in [5.74, 6) is -0.986. The number of amides is 1. The van der Waals surface area contributed by atoms with Crippen molar-refractivity contribution >= 4 is 29.1 Å². The molecule has 0 saturated carbocycles. The van der Waals surface area contributed by atoms with Gasteiger partial charge in [-0.05, 0) is 53.6 Å². The molecule has 1 fully saturated rings. The van der Waals surface area contributed by atoms with Crippen molar-refractivity contribution < 1.29 is 38.4 Å². The van der Waals surface area contributed by atoms with Gasteiger partial charge in [0.25, 0.3) is 11.7 Å². The second-order valence-corrected chi connectivity index (χ2v) is 8.43. The molecule has 3 aromatic rings. The molecule has 0 spiro atoms. The fourth-order valence-corrected chi connectivity index (χ4v) is 4.35. The van der Waals surface area contributed by atoms with Crippen molar-refractivity contribution in [2.24, 2.45) is 0 Å². The van der Waals surface area contributed by atoms with Gasteiger partial charge in [-0.25, -0.2) is 0 Å². The molecule has 1 heterocycles. The van der Waals surface area contributed by atoms with Gasteiger partial charge in [-0.15, -0.1) is 0 Å². The number of ketones is 1. The van der Waals surface area contributed by atoms with Crippen molar-refractivity contribution in [3.8, 4) is 17.2 Å². The quantitative estimate of drug-likeness (QED) is 0.206. The SMILES string of the molecule is COC(=O)Cc1ccc(N2C(=O)C(=O)/C(=C(\O)c3ccc(OC)c(OC)c3)C2c2ccc(OC)cc2)cc1. The molecule has 1 atom stereocenters. The molecule has 38 heavy (non-hydrogen) atoms. The first-order valence-corrected chi connectivity index (χ1v) is 11.7. The lowest BCUT2D eigenvalue weighted by Crippen LogP contribution is -2.29. The van der Waals surface area contributed by atoms with Crippen LogP contribution in [-0.2, 0) is 25.5 Å². The third-order valence-corrected chi connectivity index (χ3v) is 6.32. The van der Waals surface area contributed by atoms with E-state index in [4.69, 9.17) is 18.9 Å². The lowest BCUT2D eigenvalue weighted by atomic mass is 9.95. The molecular formula is C29H27NO8. The van der Waals surface area contributed by atoms with E-state index in [0.29, 0.717) is 34.1 Å². The van der Waals surface area contributed by atoms with Crippen LogP contribution in [0.1, 0.15) is 22.7 Å². The zero-order valence-electron chi connectivity index (χ0n) is 21.4. The Hall–Kier alpha value is -4.79. The van der Waals surface area contributed by atoms with Crippen LogP contribution in [0.3, 0.4) is 0 Å². The topological polar surface area (TPSA) is 112 Å². The van der Waals surface area contributed by atoms with Gasteiger partial charge in [-0.1, -0.05) is 24.3 Å². The summed E-state index contributed by atoms with van der Waals surface area (Å²) in [5, 5.41) is 11.4. The highest BCUT2D eigenvalue weighted by Gasteiger charge is 2.47. The molecule has 1 N–H and O–H groups in total. The molecule has 0 bridgehead atoms. The molecular weight excluding hydrogens is 490 g/mol. The molecule has 1 amide bonds. The summed E-state index contributed by atoms with van der Waals surface area (Å²) in [4.78, 5) is 39.8. The van der Waals surface area contributed by atoms with Crippen LogP contribution in [-0.4, -0.2) is 51.2 Å². The van der Waals surface area contributed by atoms with Gasteiger partial charge in [0.1, 0.15) is 11.5 Å². The predicted molar refractivity (Wildman–Crippen MR) is 139 cm³/mol. The third-order valence-electron chi connectivity index (χ3n) is 6.32. The molecule has 1 saturated heterocycles. The first kappa shape index (κ1) is 26.3. The summed E-state index contributed by atoms with van der Waals surface area (Å²) in [5.41, 5.74) is 1.90. The lowest BCUT2D eigenvalue weighted by molar-refractivity contribution is -0.139. The first-order chi connectivity index (χ1) is 18.3. The molecule has 196 valence electrons. The van der Waals surface area contributed by atoms with Crippen molar-refractivity contribution in [3.05, 3.63) is 89.0 Å². The van der Waals surface area contributed by atoms with Crippen molar-refractivity contribution in [1.29, 1.82) is 0 Å². The number of Topliss-reactive ketones (excluding diaryl/α,β-unsaturated/α-hetero) is 1. The van der Waals surface area contributed by atoms with E-state index in [-0.39, 0.29) is 23.3 Å². The molecule has 1 aliphatic heterocycles. The minimum atomic E-state index is -0.930. The van der Waals surface area contributed by atoms with Gasteiger partial charge in [0.15, 0.2) is 11.5 Å². The average Bonchev–Trinajstić information content (AvgIpc) is 3.22. The van der Waals surface area contributed by atoms with Gasteiger partial charge >= 0.3 is 5.97 Å². The summed E-state index contributed by atoms with van der Waals surface area (Å²) in [6, 6.07) is 17.4. The van der Waals surface area contributed by atoms with Gasteiger partial charge in [-0.2, -0.15) is 0 Å². The van der Waals surface area contributed by atoms with E-state index < -0.39 is 23.7 Å². The van der Waals surface area contributed by atoms with Gasteiger partial charge in [0.05, 0.1) is 46.5 Å². The second-order valence-electron chi connectivity index (χ2n) is 8.43. The number of carbonyl (C=O) groups is 3. The number of aliphatic hydroxyl groups excluding tert-OH is 1. The van der Waals surface area contributed by atoms with Crippen LogP contribution in [0.5, 0.6) is 17.2 Å². The van der Waals surface area contributed by atoms with Gasteiger partial charge in [0.2, 0.25) is 0 Å². The summed E-state index contributed by atoms with van der Waals surface area (Å²) >= 11 is 0. The Bertz CT molecular complexity index is 1390. The number of ether oxygens (including phenoxy) is 4. The van der Waals surface area contributed by atoms with Crippen LogP contribution in [0, 0.1) is 0 Å². The molecule has 9 nitrogen and oxygen atoms in total. The highest BCUT2D eigenvalue weighted by atomic mass is 16.5. The van der Waals surface area contributed by atoms with E-state index >= 15 is 0 Å². The van der Waals surface area contributed by atoms with Gasteiger partial charge in [0, 0.05) is 11.3 Å². The Morgan fingerprint density at radius 1 is 0.842 bits per heavy atom. The smallest absolute Gasteiger partial charge is 0.309 e. The largest absolute Gasteiger partial charge is 0.507 e. The van der Waals surface area contributed by atoms with Crippen molar-refractivity contribution in [2.45, 2.75) is 12.5 Å². The summed E-state index contributed by atoms with van der Waals surface area (Å²) in [6.07, 6.45) is 0.0663. The fraction of sp³-hybridized carbons (Fsp3) is 0.207. The second kappa shape index (κ2) is 11.1. The maximum absolute atomic E-state index is 13.4. The molecule has 0 aromatic heterocycles. The molecule has 9 heteroatoms. The van der Waals surface area contributed by atoms with E-state index in [2.05, 4.69) is 0 Å². The van der Waals surface area contributed by atoms with Crippen LogP contribution in [0.15, 0.2) is 72.3 Å². The summed E-state index contributed by atoms with van der Waals surface area (Å²) in [7, 11) is 5.79. The normalized spacial score (nSPS) is 16.3. The number of hydrogen-bond acceptors (Lipinski definition) is 8. The van der Waals surface area contributed by atoms with Crippen LogP contribution < -0.4 is 19.1 Å². The zero-order valence-corrected chi connectivity index (χ0v) is 21.4. The van der Waals surface area contributed by atoms with Crippen molar-refractivity contribution in [2.75, 3.05) is 33.3 Å². The van der Waals surface area contributed by atoms with E-state index in [1.807, 2.05) is 0 Å². The number of aliphatic hydroxyl groups is 1. The number of methoxy groups -OCH3 is 4. The van der Waals surface area contributed by atoms with Gasteiger partial charge in [-0.3, -0.25) is 19.3 Å². The minimum absolute atomic E-state index is 0.0663. The number of benzene rings is 3. The highest BCUT2D eigenvalue weighted by molar-refractivity contribution is 6.51. The molecule has 3 aromatic carbocycles. The molecule has 1 aliphatic rings. The monoisotopic (exact) mass is 517 g/mol. The van der Waals surface area contributed by atoms with Crippen LogP contribution in [0.2, 0.25) is 0 Å². The van der Waals surface area contributed by atoms with Crippen LogP contribution in [0.25, 0.3) is 5.76 Å². The summed E-state index contributed by atoms with van der Waals surface area (Å²) < 4.78 is 20.6. The number of carbonyl (C=O) groups excluding carboxylic acids is 3. The molecule has 0 aliphatic carbocycles. The molecule has 4 rings (SSSR count). The van der Waals surface area contributed by atoms with Crippen molar-refractivity contribution in [1.82, 2.24) is 0 Å². The number of rotatable bonds is 8. The van der Waals surface area contributed by atoms with E-state index in [0.717, 1.165) is 0 Å². The van der Waals surface area contributed by atoms with Crippen LogP contribution >= 0.6 is 0 Å². The van der Waals surface area contributed by atoms with E-state index in [1.54, 1.807) is 60.7 Å². The minimum Gasteiger partial charge on any atom is -0.507 e. The first-order valence-electron chi connectivity index (χ1n) is 11.7. The Morgan fingerprint density at radius 2 is 1.50 bits per heavy atom. The maximum Gasteiger partial charge on any atom is 0.309 e. The fourth-order valence-electron chi connectivity index (χ4n) is 4.35. The van der Waals surface area contributed by atoms with E-state index in [1.165, 1.54) is 39.4 Å². The van der Waals surface area contributed by atoms with E-state index in [9.17, 15) is 19.5 Å². The molecule has 0 radical (unpaired) electrons. The Balaban J connectivity index is 1.86. The third kappa shape index (κ3) is 4.90. The van der Waals surface area contributed by atoms with Crippen molar-refractivity contribution in [3.63, 3.8) is 0 Å². The lowest BCUT2D eigenvalue weighted by Gasteiger charge is -2.26. The highest BCUT2D eigenvalue weighted by Crippen LogP contribution is 2.43.